The molecule has 0 saturated heterocycles. The van der Waals surface area contributed by atoms with Gasteiger partial charge in [0.15, 0.2) is 0 Å². The van der Waals surface area contributed by atoms with Crippen molar-refractivity contribution in [3.63, 3.8) is 0 Å². The molecule has 2 aromatic carbocycles. The molecule has 0 heterocycles. The van der Waals surface area contributed by atoms with E-state index >= 15 is 0 Å². The third-order valence-corrected chi connectivity index (χ3v) is 2.79. The van der Waals surface area contributed by atoms with E-state index in [9.17, 15) is 4.79 Å². The number of ether oxygens (including phenoxy) is 1. The Morgan fingerprint density at radius 1 is 0.895 bits per heavy atom. The maximum atomic E-state index is 12.0. The van der Waals surface area contributed by atoms with Gasteiger partial charge >= 0.3 is 5.97 Å². The summed E-state index contributed by atoms with van der Waals surface area (Å²) >= 11 is 0. The Balaban J connectivity index is 2.35. The number of hydrogen-bond donors (Lipinski definition) is 0. The van der Waals surface area contributed by atoms with Crippen molar-refractivity contribution in [3.05, 3.63) is 54.6 Å². The molecule has 0 spiro atoms. The van der Waals surface area contributed by atoms with Gasteiger partial charge in [0.25, 0.3) is 0 Å². The Kier molecular flexibility index (Phi) is 3.70. The average molecular weight is 254 g/mol. The third-order valence-electron chi connectivity index (χ3n) is 2.79. The van der Waals surface area contributed by atoms with E-state index in [-0.39, 0.29) is 5.97 Å². The fourth-order valence-corrected chi connectivity index (χ4v) is 1.66. The van der Waals surface area contributed by atoms with Gasteiger partial charge in [0.1, 0.15) is 5.75 Å². The van der Waals surface area contributed by atoms with Gasteiger partial charge in [-0.25, -0.2) is 0 Å². The lowest BCUT2D eigenvalue weighted by atomic mass is 9.97. The number of esters is 1. The van der Waals surface area contributed by atoms with Crippen molar-refractivity contribution in [2.75, 3.05) is 0 Å². The van der Waals surface area contributed by atoms with Crippen molar-refractivity contribution in [3.8, 4) is 16.9 Å². The lowest BCUT2D eigenvalue weighted by Crippen LogP contribution is -2.25. The summed E-state index contributed by atoms with van der Waals surface area (Å²) in [7, 11) is 0. The van der Waals surface area contributed by atoms with E-state index in [4.69, 9.17) is 4.74 Å². The van der Waals surface area contributed by atoms with Gasteiger partial charge in [-0.2, -0.15) is 0 Å². The quantitative estimate of drug-likeness (QED) is 0.590. The van der Waals surface area contributed by atoms with Crippen molar-refractivity contribution in [1.29, 1.82) is 0 Å². The molecule has 19 heavy (non-hydrogen) atoms. The lowest BCUT2D eigenvalue weighted by Gasteiger charge is -2.18. The van der Waals surface area contributed by atoms with E-state index in [0.717, 1.165) is 11.1 Å². The molecule has 0 bridgehead atoms. The highest BCUT2D eigenvalue weighted by Gasteiger charge is 2.24. The van der Waals surface area contributed by atoms with Gasteiger partial charge in [0.2, 0.25) is 0 Å². The summed E-state index contributed by atoms with van der Waals surface area (Å²) in [6, 6.07) is 17.5. The van der Waals surface area contributed by atoms with Crippen LogP contribution < -0.4 is 4.74 Å². The molecule has 0 amide bonds. The van der Waals surface area contributed by atoms with Gasteiger partial charge in [0, 0.05) is 5.56 Å². The minimum atomic E-state index is -0.510. The number of benzene rings is 2. The molecule has 0 aliphatic heterocycles. The van der Waals surface area contributed by atoms with Gasteiger partial charge in [-0.05, 0) is 32.4 Å². The summed E-state index contributed by atoms with van der Waals surface area (Å²) in [5, 5.41) is 0. The van der Waals surface area contributed by atoms with Crippen LogP contribution >= 0.6 is 0 Å². The van der Waals surface area contributed by atoms with Crippen molar-refractivity contribution < 1.29 is 9.53 Å². The van der Waals surface area contributed by atoms with Crippen LogP contribution in [-0.4, -0.2) is 5.97 Å². The summed E-state index contributed by atoms with van der Waals surface area (Å²) in [5.74, 6) is 0.379. The maximum Gasteiger partial charge on any atom is 0.316 e. The molecule has 0 aliphatic rings. The molecule has 98 valence electrons. The van der Waals surface area contributed by atoms with E-state index < -0.39 is 5.41 Å². The molecule has 2 rings (SSSR count). The number of carbonyl (C=O) groups is 1. The second kappa shape index (κ2) is 5.27. The molecule has 0 N–H and O–H groups in total. The van der Waals surface area contributed by atoms with Crippen LogP contribution in [0.5, 0.6) is 5.75 Å². The highest BCUT2D eigenvalue weighted by molar-refractivity contribution is 5.81. The van der Waals surface area contributed by atoms with Crippen molar-refractivity contribution in [2.45, 2.75) is 20.8 Å². The molecule has 0 atom stereocenters. The zero-order valence-electron chi connectivity index (χ0n) is 11.5. The fourth-order valence-electron chi connectivity index (χ4n) is 1.66. The highest BCUT2D eigenvalue weighted by Crippen LogP contribution is 2.31. The van der Waals surface area contributed by atoms with Gasteiger partial charge in [-0.1, -0.05) is 48.5 Å². The number of rotatable bonds is 2. The molecule has 0 aliphatic carbocycles. The molecule has 2 nitrogen and oxygen atoms in total. The summed E-state index contributed by atoms with van der Waals surface area (Å²) in [6.45, 7) is 5.54. The molecule has 2 aromatic rings. The fraction of sp³-hybridized carbons (Fsp3) is 0.235. The minimum Gasteiger partial charge on any atom is -0.425 e. The topological polar surface area (TPSA) is 26.3 Å². The Hall–Kier alpha value is -2.09. The monoisotopic (exact) mass is 254 g/mol. The summed E-state index contributed by atoms with van der Waals surface area (Å²) in [5.41, 5.74) is 1.46. The predicted molar refractivity (Wildman–Crippen MR) is 77.0 cm³/mol. The zero-order valence-corrected chi connectivity index (χ0v) is 11.5. The van der Waals surface area contributed by atoms with Crippen molar-refractivity contribution in [1.82, 2.24) is 0 Å². The average Bonchev–Trinajstić information content (AvgIpc) is 2.39. The van der Waals surface area contributed by atoms with E-state index in [0.29, 0.717) is 5.75 Å². The van der Waals surface area contributed by atoms with Crippen LogP contribution in [0.3, 0.4) is 0 Å². The Bertz CT molecular complexity index is 565. The SMILES string of the molecule is CC(C)(C)C(=O)Oc1ccccc1-c1ccccc1. The van der Waals surface area contributed by atoms with Crippen LogP contribution in [0.4, 0.5) is 0 Å². The largest absolute Gasteiger partial charge is 0.425 e. The maximum absolute atomic E-state index is 12.0. The number of hydrogen-bond acceptors (Lipinski definition) is 2. The molecule has 0 radical (unpaired) electrons. The Morgan fingerprint density at radius 3 is 2.11 bits per heavy atom. The highest BCUT2D eigenvalue weighted by atomic mass is 16.5. The van der Waals surface area contributed by atoms with Crippen LogP contribution in [0.2, 0.25) is 0 Å². The van der Waals surface area contributed by atoms with Gasteiger partial charge < -0.3 is 4.74 Å². The second-order valence-electron chi connectivity index (χ2n) is 5.50. The number of carbonyl (C=O) groups excluding carboxylic acids is 1. The third kappa shape index (κ3) is 3.22. The molecule has 0 fully saturated rings. The van der Waals surface area contributed by atoms with Gasteiger partial charge in [0.05, 0.1) is 5.41 Å². The first-order chi connectivity index (χ1) is 8.98. The summed E-state index contributed by atoms with van der Waals surface area (Å²) in [6.07, 6.45) is 0. The van der Waals surface area contributed by atoms with E-state index in [1.165, 1.54) is 0 Å². The lowest BCUT2D eigenvalue weighted by molar-refractivity contribution is -0.142. The van der Waals surface area contributed by atoms with Crippen LogP contribution in [0.15, 0.2) is 54.6 Å². The van der Waals surface area contributed by atoms with Crippen LogP contribution in [0, 0.1) is 5.41 Å². The van der Waals surface area contributed by atoms with E-state index in [1.807, 2.05) is 75.4 Å². The van der Waals surface area contributed by atoms with Gasteiger partial charge in [-0.15, -0.1) is 0 Å². The Labute approximate surface area is 114 Å². The second-order valence-corrected chi connectivity index (χ2v) is 5.50. The van der Waals surface area contributed by atoms with Crippen molar-refractivity contribution >= 4 is 5.97 Å². The van der Waals surface area contributed by atoms with E-state index in [2.05, 4.69) is 0 Å². The summed E-state index contributed by atoms with van der Waals surface area (Å²) < 4.78 is 5.53. The predicted octanol–water partition coefficient (Wildman–Crippen LogP) is 4.31. The molecule has 2 heteroatoms. The minimum absolute atomic E-state index is 0.226. The number of para-hydroxylation sites is 1. The molecular weight excluding hydrogens is 236 g/mol. The van der Waals surface area contributed by atoms with Crippen molar-refractivity contribution in [2.24, 2.45) is 5.41 Å². The molecule has 0 saturated carbocycles. The molecule has 0 aromatic heterocycles. The Morgan fingerprint density at radius 2 is 1.47 bits per heavy atom. The summed E-state index contributed by atoms with van der Waals surface area (Å²) in [4.78, 5) is 12.0. The molecular formula is C17H18O2. The first-order valence-electron chi connectivity index (χ1n) is 6.35. The van der Waals surface area contributed by atoms with E-state index in [1.54, 1.807) is 0 Å². The standard InChI is InChI=1S/C17H18O2/c1-17(2,3)16(18)19-15-12-8-7-11-14(15)13-9-5-4-6-10-13/h4-12H,1-3H3. The molecule has 0 unspecified atom stereocenters. The smallest absolute Gasteiger partial charge is 0.316 e. The normalized spacial score (nSPS) is 11.1. The van der Waals surface area contributed by atoms with Crippen LogP contribution in [-0.2, 0) is 4.79 Å². The zero-order chi connectivity index (χ0) is 13.9. The first kappa shape index (κ1) is 13.3. The van der Waals surface area contributed by atoms with Gasteiger partial charge in [-0.3, -0.25) is 4.79 Å². The first-order valence-corrected chi connectivity index (χ1v) is 6.35. The van der Waals surface area contributed by atoms with Crippen LogP contribution in [0.1, 0.15) is 20.8 Å². The van der Waals surface area contributed by atoms with Crippen LogP contribution in [0.25, 0.3) is 11.1 Å².